The van der Waals surface area contributed by atoms with Gasteiger partial charge in [-0.25, -0.2) is 0 Å². The monoisotopic (exact) mass is 99.1 g/mol. The molecule has 0 saturated carbocycles. The molecule has 0 aromatic heterocycles. The summed E-state index contributed by atoms with van der Waals surface area (Å²) in [6.45, 7) is 3.59. The van der Waals surface area contributed by atoms with Gasteiger partial charge in [-0.05, 0) is 33.4 Å². The van der Waals surface area contributed by atoms with Crippen molar-refractivity contribution in [3.63, 3.8) is 0 Å². The van der Waals surface area contributed by atoms with Gasteiger partial charge >= 0.3 is 0 Å². The second kappa shape index (κ2) is 1.83. The molecule has 0 radical (unpaired) electrons. The minimum Gasteiger partial charge on any atom is -0.304 e. The third kappa shape index (κ3) is 0.942. The fourth-order valence-electron chi connectivity index (χ4n) is 1.08. The van der Waals surface area contributed by atoms with Crippen molar-refractivity contribution < 1.29 is 0 Å². The van der Waals surface area contributed by atoms with Crippen LogP contribution in [0.1, 0.15) is 19.8 Å². The largest absolute Gasteiger partial charge is 0.304 e. The molecule has 1 aliphatic heterocycles. The van der Waals surface area contributed by atoms with Crippen LogP contribution < -0.4 is 0 Å². The standard InChI is InChI=1S/C6H13N/c1-6-4-3-5-7(6)2/h6H,3-5H2,1-2H3/t6-/m1/s1. The van der Waals surface area contributed by atoms with Gasteiger partial charge in [-0.1, -0.05) is 0 Å². The van der Waals surface area contributed by atoms with Crippen molar-refractivity contribution in [1.82, 2.24) is 4.90 Å². The molecule has 1 fully saturated rings. The molecule has 1 atom stereocenters. The normalized spacial score (nSPS) is 34.3. The van der Waals surface area contributed by atoms with E-state index in [4.69, 9.17) is 0 Å². The third-order valence-electron chi connectivity index (χ3n) is 1.89. The van der Waals surface area contributed by atoms with Gasteiger partial charge < -0.3 is 4.90 Å². The summed E-state index contributed by atoms with van der Waals surface area (Å²) >= 11 is 0. The first-order valence-electron chi connectivity index (χ1n) is 3.01. The average Bonchev–Trinajstić information content (AvgIpc) is 1.91. The summed E-state index contributed by atoms with van der Waals surface area (Å²) in [6.07, 6.45) is 2.80. The fourth-order valence-corrected chi connectivity index (χ4v) is 1.08. The fraction of sp³-hybridized carbons (Fsp3) is 1.00. The number of rotatable bonds is 0. The molecule has 0 aliphatic carbocycles. The van der Waals surface area contributed by atoms with Crippen LogP contribution in [-0.4, -0.2) is 24.5 Å². The molecule has 0 aromatic carbocycles. The van der Waals surface area contributed by atoms with Crippen LogP contribution in [-0.2, 0) is 0 Å². The van der Waals surface area contributed by atoms with Crippen LogP contribution in [0.4, 0.5) is 0 Å². The Balaban J connectivity index is 2.33. The zero-order valence-electron chi connectivity index (χ0n) is 5.15. The van der Waals surface area contributed by atoms with Gasteiger partial charge in [0.05, 0.1) is 0 Å². The maximum Gasteiger partial charge on any atom is 0.00643 e. The van der Waals surface area contributed by atoms with Gasteiger partial charge in [-0.2, -0.15) is 0 Å². The SMILES string of the molecule is C[C@@H]1CCCN1C. The van der Waals surface area contributed by atoms with Gasteiger partial charge in [-0.3, -0.25) is 0 Å². The highest BCUT2D eigenvalue weighted by Crippen LogP contribution is 2.12. The van der Waals surface area contributed by atoms with Crippen molar-refractivity contribution in [3.8, 4) is 0 Å². The molecule has 1 nitrogen and oxygen atoms in total. The lowest BCUT2D eigenvalue weighted by molar-refractivity contribution is 0.331. The molecule has 1 aliphatic rings. The Kier molecular flexibility index (Phi) is 1.33. The molecular formula is C6H13N. The quantitative estimate of drug-likeness (QED) is 0.439. The highest BCUT2D eigenvalue weighted by atomic mass is 15.1. The number of likely N-dealkylation sites (tertiary alicyclic amines) is 1. The third-order valence-corrected chi connectivity index (χ3v) is 1.89. The van der Waals surface area contributed by atoms with Crippen LogP contribution in [0.2, 0.25) is 0 Å². The Bertz CT molecular complexity index is 53.2. The van der Waals surface area contributed by atoms with Crippen LogP contribution in [0.25, 0.3) is 0 Å². The molecule has 1 heterocycles. The van der Waals surface area contributed by atoms with E-state index in [1.807, 2.05) is 0 Å². The van der Waals surface area contributed by atoms with Crippen molar-refractivity contribution in [2.75, 3.05) is 13.6 Å². The first-order chi connectivity index (χ1) is 3.30. The summed E-state index contributed by atoms with van der Waals surface area (Å²) in [4.78, 5) is 2.40. The minimum atomic E-state index is 0.847. The van der Waals surface area contributed by atoms with E-state index in [0.717, 1.165) is 6.04 Å². The molecule has 42 valence electrons. The Morgan fingerprint density at radius 1 is 1.57 bits per heavy atom. The van der Waals surface area contributed by atoms with Crippen molar-refractivity contribution in [2.24, 2.45) is 0 Å². The lowest BCUT2D eigenvalue weighted by Gasteiger charge is -2.12. The first-order valence-corrected chi connectivity index (χ1v) is 3.01. The zero-order chi connectivity index (χ0) is 5.28. The maximum absolute atomic E-state index is 2.40. The predicted octanol–water partition coefficient (Wildman–Crippen LogP) is 1.10. The van der Waals surface area contributed by atoms with E-state index >= 15 is 0 Å². The maximum atomic E-state index is 2.40. The second-order valence-corrected chi connectivity index (χ2v) is 2.47. The topological polar surface area (TPSA) is 3.24 Å². The zero-order valence-corrected chi connectivity index (χ0v) is 5.15. The smallest absolute Gasteiger partial charge is 0.00643 e. The number of nitrogens with zero attached hydrogens (tertiary/aromatic N) is 1. The van der Waals surface area contributed by atoms with Crippen molar-refractivity contribution in [1.29, 1.82) is 0 Å². The Labute approximate surface area is 45.3 Å². The molecule has 0 aromatic rings. The summed E-state index contributed by atoms with van der Waals surface area (Å²) in [5.74, 6) is 0. The molecular weight excluding hydrogens is 86.1 g/mol. The first kappa shape index (κ1) is 5.10. The van der Waals surface area contributed by atoms with E-state index in [0.29, 0.717) is 0 Å². The van der Waals surface area contributed by atoms with Crippen LogP contribution in [0.15, 0.2) is 0 Å². The summed E-state index contributed by atoms with van der Waals surface area (Å²) in [6, 6.07) is 0.847. The van der Waals surface area contributed by atoms with Gasteiger partial charge in [-0.15, -0.1) is 0 Å². The summed E-state index contributed by atoms with van der Waals surface area (Å²) in [5, 5.41) is 0. The van der Waals surface area contributed by atoms with Gasteiger partial charge in [0.2, 0.25) is 0 Å². The Morgan fingerprint density at radius 2 is 2.29 bits per heavy atom. The Morgan fingerprint density at radius 3 is 2.43 bits per heavy atom. The molecule has 1 heteroatoms. The minimum absolute atomic E-state index is 0.847. The van der Waals surface area contributed by atoms with E-state index in [2.05, 4.69) is 18.9 Å². The number of hydrogen-bond donors (Lipinski definition) is 0. The van der Waals surface area contributed by atoms with E-state index in [-0.39, 0.29) is 0 Å². The summed E-state index contributed by atoms with van der Waals surface area (Å²) in [5.41, 5.74) is 0. The van der Waals surface area contributed by atoms with E-state index in [9.17, 15) is 0 Å². The highest BCUT2D eigenvalue weighted by molar-refractivity contribution is 4.70. The average molecular weight is 99.2 g/mol. The summed E-state index contributed by atoms with van der Waals surface area (Å²) in [7, 11) is 2.19. The van der Waals surface area contributed by atoms with Crippen LogP contribution in [0, 0.1) is 0 Å². The van der Waals surface area contributed by atoms with Crippen molar-refractivity contribution in [2.45, 2.75) is 25.8 Å². The van der Waals surface area contributed by atoms with Crippen LogP contribution in [0.5, 0.6) is 0 Å². The molecule has 0 amide bonds. The molecule has 0 spiro atoms. The van der Waals surface area contributed by atoms with Crippen LogP contribution >= 0.6 is 0 Å². The highest BCUT2D eigenvalue weighted by Gasteiger charge is 2.14. The van der Waals surface area contributed by atoms with Gasteiger partial charge in [0, 0.05) is 6.04 Å². The van der Waals surface area contributed by atoms with E-state index in [1.165, 1.54) is 19.4 Å². The molecule has 1 saturated heterocycles. The molecule has 7 heavy (non-hydrogen) atoms. The van der Waals surface area contributed by atoms with Crippen LogP contribution in [0.3, 0.4) is 0 Å². The lowest BCUT2D eigenvalue weighted by Crippen LogP contribution is -2.20. The predicted molar refractivity (Wildman–Crippen MR) is 31.3 cm³/mol. The Hall–Kier alpha value is -0.0400. The van der Waals surface area contributed by atoms with Gasteiger partial charge in [0.15, 0.2) is 0 Å². The summed E-state index contributed by atoms with van der Waals surface area (Å²) < 4.78 is 0. The molecule has 0 bridgehead atoms. The molecule has 0 N–H and O–H groups in total. The van der Waals surface area contributed by atoms with E-state index < -0.39 is 0 Å². The van der Waals surface area contributed by atoms with Gasteiger partial charge in [0.25, 0.3) is 0 Å². The van der Waals surface area contributed by atoms with E-state index in [1.54, 1.807) is 0 Å². The molecule has 1 rings (SSSR count). The van der Waals surface area contributed by atoms with Gasteiger partial charge in [0.1, 0.15) is 0 Å². The molecule has 0 unspecified atom stereocenters. The second-order valence-electron chi connectivity index (χ2n) is 2.47. The lowest BCUT2D eigenvalue weighted by atomic mass is 10.3. The van der Waals surface area contributed by atoms with Crippen molar-refractivity contribution >= 4 is 0 Å². The van der Waals surface area contributed by atoms with Crippen molar-refractivity contribution in [3.05, 3.63) is 0 Å². The number of hydrogen-bond acceptors (Lipinski definition) is 1.